The fourth-order valence-electron chi connectivity index (χ4n) is 3.57. The first-order valence-electron chi connectivity index (χ1n) is 8.09. The average molecular weight is 344 g/mol. The third-order valence-corrected chi connectivity index (χ3v) is 6.27. The lowest BCUT2D eigenvalue weighted by molar-refractivity contribution is -0.0429. The third kappa shape index (κ3) is 3.60. The Hall–Kier alpha value is -0.960. The fourth-order valence-corrected chi connectivity index (χ4v) is 4.97. The Morgan fingerprint density at radius 1 is 1.48 bits per heavy atom. The van der Waals surface area contributed by atoms with Crippen molar-refractivity contribution in [1.29, 1.82) is 0 Å². The lowest BCUT2D eigenvalue weighted by Crippen LogP contribution is -2.58. The van der Waals surface area contributed by atoms with Gasteiger partial charge in [0.05, 0.1) is 18.8 Å². The molecule has 0 bridgehead atoms. The highest BCUT2D eigenvalue weighted by atomic mass is 32.2. The van der Waals surface area contributed by atoms with E-state index in [2.05, 4.69) is 9.88 Å². The summed E-state index contributed by atoms with van der Waals surface area (Å²) in [5.74, 6) is 0.353. The van der Waals surface area contributed by atoms with E-state index in [9.17, 15) is 13.5 Å². The number of hydrogen-bond donors (Lipinski definition) is 2. The van der Waals surface area contributed by atoms with Gasteiger partial charge >= 0.3 is 0 Å². The summed E-state index contributed by atoms with van der Waals surface area (Å²) < 4.78 is 38.5. The highest BCUT2D eigenvalue weighted by Gasteiger charge is 2.49. The van der Waals surface area contributed by atoms with E-state index in [0.717, 1.165) is 32.1 Å². The van der Waals surface area contributed by atoms with Crippen LogP contribution in [0.25, 0.3) is 0 Å². The second-order valence-corrected chi connectivity index (χ2v) is 8.46. The molecule has 0 spiro atoms. The Labute approximate surface area is 136 Å². The van der Waals surface area contributed by atoms with Crippen LogP contribution in [0.15, 0.2) is 10.6 Å². The zero-order chi connectivity index (χ0) is 16.5. The van der Waals surface area contributed by atoms with Crippen LogP contribution in [0.4, 0.5) is 0 Å². The fraction of sp³-hybridized carbons (Fsp3) is 0.800. The monoisotopic (exact) mass is 344 g/mol. The van der Waals surface area contributed by atoms with E-state index in [0.29, 0.717) is 18.1 Å². The van der Waals surface area contributed by atoms with E-state index in [1.165, 1.54) is 0 Å². The van der Waals surface area contributed by atoms with Crippen molar-refractivity contribution in [3.8, 4) is 0 Å². The van der Waals surface area contributed by atoms with Crippen LogP contribution < -0.4 is 4.72 Å². The molecule has 2 fully saturated rings. The van der Waals surface area contributed by atoms with Gasteiger partial charge in [-0.2, -0.15) is 0 Å². The van der Waals surface area contributed by atoms with Gasteiger partial charge in [-0.15, -0.1) is 0 Å². The number of rotatable bonds is 7. The van der Waals surface area contributed by atoms with Crippen molar-refractivity contribution in [3.63, 3.8) is 0 Å². The molecular formula is C15H24N2O5S. The average Bonchev–Trinajstić information content (AvgIpc) is 3.08. The van der Waals surface area contributed by atoms with Crippen LogP contribution in [0.1, 0.15) is 43.6 Å². The van der Waals surface area contributed by atoms with Gasteiger partial charge in [-0.05, 0) is 32.6 Å². The smallest absolute Gasteiger partial charge is 0.217 e. The number of nitrogens with zero attached hydrogens (tertiary/aromatic N) is 1. The number of ether oxygens (including phenoxy) is 1. The van der Waals surface area contributed by atoms with Crippen LogP contribution in [0.2, 0.25) is 0 Å². The van der Waals surface area contributed by atoms with Crippen molar-refractivity contribution < 1.29 is 22.8 Å². The Kier molecular flexibility index (Phi) is 4.78. The number of aliphatic hydroxyl groups excluding tert-OH is 1. The van der Waals surface area contributed by atoms with Crippen molar-refractivity contribution in [2.24, 2.45) is 5.41 Å². The second kappa shape index (κ2) is 6.51. The molecule has 2 heterocycles. The van der Waals surface area contributed by atoms with Gasteiger partial charge in [0.1, 0.15) is 17.2 Å². The Morgan fingerprint density at radius 3 is 2.74 bits per heavy atom. The van der Waals surface area contributed by atoms with E-state index in [4.69, 9.17) is 9.26 Å². The largest absolute Gasteiger partial charge is 0.396 e. The van der Waals surface area contributed by atoms with E-state index in [-0.39, 0.29) is 24.5 Å². The van der Waals surface area contributed by atoms with E-state index in [1.54, 1.807) is 13.0 Å². The predicted molar refractivity (Wildman–Crippen MR) is 83.1 cm³/mol. The van der Waals surface area contributed by atoms with Crippen molar-refractivity contribution in [3.05, 3.63) is 17.5 Å². The number of hydrogen-bond acceptors (Lipinski definition) is 6. The van der Waals surface area contributed by atoms with E-state index < -0.39 is 15.4 Å². The highest BCUT2D eigenvalue weighted by Crippen LogP contribution is 2.46. The number of aromatic nitrogens is 1. The van der Waals surface area contributed by atoms with Crippen LogP contribution in [0, 0.1) is 12.3 Å². The molecule has 2 atom stereocenters. The maximum Gasteiger partial charge on any atom is 0.217 e. The van der Waals surface area contributed by atoms with Gasteiger partial charge in [-0.1, -0.05) is 11.6 Å². The summed E-state index contributed by atoms with van der Waals surface area (Å²) in [5.41, 5.74) is -0.0188. The van der Waals surface area contributed by atoms with Crippen LogP contribution in [0.5, 0.6) is 0 Å². The molecule has 1 aliphatic heterocycles. The van der Waals surface area contributed by atoms with Crippen LogP contribution in [-0.2, 0) is 20.5 Å². The Bertz CT molecular complexity index is 627. The number of aliphatic hydroxyl groups is 1. The van der Waals surface area contributed by atoms with Crippen molar-refractivity contribution in [2.75, 3.05) is 13.2 Å². The normalized spacial score (nSPS) is 25.2. The van der Waals surface area contributed by atoms with Crippen molar-refractivity contribution in [2.45, 2.75) is 56.9 Å². The minimum absolute atomic E-state index is 0.0247. The standard InChI is InChI=1S/C15H24N2O5S/c1-11-8-12(16-22-11)9-23(19,20)17-14(13-4-2-7-21-13)15(10-18)5-3-6-15/h8,13-14,17-18H,2-7,9-10H2,1H3. The molecule has 0 aromatic carbocycles. The van der Waals surface area contributed by atoms with Crippen molar-refractivity contribution in [1.82, 2.24) is 9.88 Å². The zero-order valence-electron chi connectivity index (χ0n) is 13.3. The summed E-state index contributed by atoms with van der Waals surface area (Å²) in [7, 11) is -3.59. The Balaban J connectivity index is 1.77. The second-order valence-electron chi connectivity index (χ2n) is 6.71. The minimum atomic E-state index is -3.59. The lowest BCUT2D eigenvalue weighted by Gasteiger charge is -2.48. The minimum Gasteiger partial charge on any atom is -0.396 e. The summed E-state index contributed by atoms with van der Waals surface area (Å²) in [4.78, 5) is 0. The molecule has 0 amide bonds. The molecule has 23 heavy (non-hydrogen) atoms. The number of aryl methyl sites for hydroxylation is 1. The summed E-state index contributed by atoms with van der Waals surface area (Å²) in [6.07, 6.45) is 4.22. The molecule has 7 nitrogen and oxygen atoms in total. The maximum atomic E-state index is 12.5. The Morgan fingerprint density at radius 2 is 2.26 bits per heavy atom. The molecule has 8 heteroatoms. The van der Waals surface area contributed by atoms with E-state index >= 15 is 0 Å². The molecule has 0 radical (unpaired) electrons. The SMILES string of the molecule is Cc1cc(CS(=O)(=O)NC(C2CCCO2)C2(CO)CCC2)no1. The zero-order valence-corrected chi connectivity index (χ0v) is 14.1. The van der Waals surface area contributed by atoms with Crippen LogP contribution >= 0.6 is 0 Å². The molecular weight excluding hydrogens is 320 g/mol. The molecule has 2 N–H and O–H groups in total. The molecule has 1 aromatic rings. The molecule has 1 aliphatic carbocycles. The lowest BCUT2D eigenvalue weighted by atomic mass is 9.63. The van der Waals surface area contributed by atoms with Gasteiger partial charge in [-0.25, -0.2) is 13.1 Å². The molecule has 1 saturated carbocycles. The molecule has 1 aromatic heterocycles. The summed E-state index contributed by atoms with van der Waals surface area (Å²) >= 11 is 0. The van der Waals surface area contributed by atoms with Gasteiger partial charge in [0.15, 0.2) is 0 Å². The number of sulfonamides is 1. The van der Waals surface area contributed by atoms with Gasteiger partial charge in [0, 0.05) is 18.1 Å². The van der Waals surface area contributed by atoms with Crippen molar-refractivity contribution >= 4 is 10.0 Å². The summed E-state index contributed by atoms with van der Waals surface area (Å²) in [6, 6.07) is 1.23. The van der Waals surface area contributed by atoms with E-state index in [1.807, 2.05) is 0 Å². The van der Waals surface area contributed by atoms with Gasteiger partial charge < -0.3 is 14.4 Å². The van der Waals surface area contributed by atoms with Crippen LogP contribution in [0.3, 0.4) is 0 Å². The van der Waals surface area contributed by atoms with Gasteiger partial charge in [0.2, 0.25) is 10.0 Å². The maximum absolute atomic E-state index is 12.5. The molecule has 130 valence electrons. The van der Waals surface area contributed by atoms with Gasteiger partial charge in [0.25, 0.3) is 0 Å². The first-order valence-corrected chi connectivity index (χ1v) is 9.74. The van der Waals surface area contributed by atoms with Gasteiger partial charge in [-0.3, -0.25) is 0 Å². The molecule has 2 aliphatic rings. The third-order valence-electron chi connectivity index (χ3n) is 4.98. The summed E-state index contributed by atoms with van der Waals surface area (Å²) in [6.45, 7) is 2.34. The quantitative estimate of drug-likeness (QED) is 0.768. The first kappa shape index (κ1) is 16.9. The molecule has 3 rings (SSSR count). The highest BCUT2D eigenvalue weighted by molar-refractivity contribution is 7.88. The topological polar surface area (TPSA) is 102 Å². The molecule has 1 saturated heterocycles. The first-order chi connectivity index (χ1) is 10.9. The predicted octanol–water partition coefficient (Wildman–Crippen LogP) is 1.11. The molecule has 2 unspecified atom stereocenters. The number of nitrogens with one attached hydrogen (secondary N) is 1. The van der Waals surface area contributed by atoms with Crippen LogP contribution in [-0.4, -0.2) is 44.0 Å². The summed E-state index contributed by atoms with van der Waals surface area (Å²) in [5, 5.41) is 13.6.